The lowest BCUT2D eigenvalue weighted by molar-refractivity contribution is -0.132. The summed E-state index contributed by atoms with van der Waals surface area (Å²) < 4.78 is 5.27. The van der Waals surface area contributed by atoms with Gasteiger partial charge in [0.25, 0.3) is 0 Å². The minimum atomic E-state index is -0.0412. The Hall–Kier alpha value is -1.59. The number of para-hydroxylation sites is 1. The van der Waals surface area contributed by atoms with Gasteiger partial charge in [-0.1, -0.05) is 18.2 Å². The van der Waals surface area contributed by atoms with Gasteiger partial charge in [0.1, 0.15) is 5.75 Å². The minimum Gasteiger partial charge on any atom is -0.496 e. The molecular formula is C14H22N2O3. The number of ether oxygens (including phenoxy) is 1. The van der Waals surface area contributed by atoms with Gasteiger partial charge < -0.3 is 20.1 Å². The maximum absolute atomic E-state index is 12.0. The van der Waals surface area contributed by atoms with Gasteiger partial charge in [-0.2, -0.15) is 0 Å². The molecule has 0 aliphatic rings. The second-order valence-corrected chi connectivity index (χ2v) is 4.20. The van der Waals surface area contributed by atoms with Crippen LogP contribution in [0.2, 0.25) is 0 Å². The summed E-state index contributed by atoms with van der Waals surface area (Å²) in [5.74, 6) is 0.779. The predicted molar refractivity (Wildman–Crippen MR) is 74.0 cm³/mol. The summed E-state index contributed by atoms with van der Waals surface area (Å²) in [6.07, 6.45) is 0.422. The van der Waals surface area contributed by atoms with E-state index in [4.69, 9.17) is 9.84 Å². The summed E-state index contributed by atoms with van der Waals surface area (Å²) in [6.45, 7) is 1.38. The fraction of sp³-hybridized carbons (Fsp3) is 0.500. The fourth-order valence-corrected chi connectivity index (χ4v) is 1.84. The second-order valence-electron chi connectivity index (χ2n) is 4.20. The van der Waals surface area contributed by atoms with Crippen molar-refractivity contribution >= 4 is 5.91 Å². The van der Waals surface area contributed by atoms with Crippen molar-refractivity contribution in [2.45, 2.75) is 13.0 Å². The molecule has 0 fully saturated rings. The lowest BCUT2D eigenvalue weighted by Crippen LogP contribution is -2.34. The van der Waals surface area contributed by atoms with Crippen LogP contribution in [0.15, 0.2) is 24.3 Å². The topological polar surface area (TPSA) is 61.8 Å². The smallest absolute Gasteiger partial charge is 0.224 e. The number of amides is 1. The van der Waals surface area contributed by atoms with Gasteiger partial charge >= 0.3 is 0 Å². The van der Waals surface area contributed by atoms with E-state index in [2.05, 4.69) is 5.32 Å². The number of methoxy groups -OCH3 is 1. The molecular weight excluding hydrogens is 244 g/mol. The Bertz CT molecular complexity index is 396. The molecule has 5 heteroatoms. The summed E-state index contributed by atoms with van der Waals surface area (Å²) in [6, 6.07) is 7.59. The summed E-state index contributed by atoms with van der Waals surface area (Å²) in [5, 5.41) is 12.0. The van der Waals surface area contributed by atoms with Crippen LogP contribution in [0.5, 0.6) is 5.75 Å². The summed E-state index contributed by atoms with van der Waals surface area (Å²) in [7, 11) is 3.42. The van der Waals surface area contributed by atoms with Crippen LogP contribution in [0.3, 0.4) is 0 Å². The molecule has 0 radical (unpaired) electrons. The van der Waals surface area contributed by atoms with E-state index < -0.39 is 0 Å². The number of benzene rings is 1. The molecule has 0 saturated carbocycles. The Morgan fingerprint density at radius 2 is 2.16 bits per heavy atom. The third-order valence-electron chi connectivity index (χ3n) is 2.87. The standard InChI is InChI=1S/C14H22N2O3/c1-15-8-7-14(18)16(9-10-17)11-12-5-3-4-6-13(12)19-2/h3-6,15,17H,7-11H2,1-2H3. The van der Waals surface area contributed by atoms with Gasteiger partial charge in [-0.3, -0.25) is 4.79 Å². The lowest BCUT2D eigenvalue weighted by Gasteiger charge is -2.23. The molecule has 0 unspecified atom stereocenters. The maximum Gasteiger partial charge on any atom is 0.224 e. The van der Waals surface area contributed by atoms with Crippen LogP contribution in [0.4, 0.5) is 0 Å². The first-order chi connectivity index (χ1) is 9.22. The number of hydrogen-bond acceptors (Lipinski definition) is 4. The molecule has 0 spiro atoms. The highest BCUT2D eigenvalue weighted by atomic mass is 16.5. The number of nitrogens with zero attached hydrogens (tertiary/aromatic N) is 1. The van der Waals surface area contributed by atoms with Crippen LogP contribution in [-0.4, -0.2) is 49.8 Å². The SMILES string of the molecule is CNCCC(=O)N(CCO)Cc1ccccc1OC. The van der Waals surface area contributed by atoms with Gasteiger partial charge in [0.05, 0.1) is 13.7 Å². The number of rotatable bonds is 8. The molecule has 5 nitrogen and oxygen atoms in total. The van der Waals surface area contributed by atoms with Gasteiger partial charge in [-0.15, -0.1) is 0 Å². The van der Waals surface area contributed by atoms with Crippen molar-refractivity contribution < 1.29 is 14.6 Å². The molecule has 0 heterocycles. The highest BCUT2D eigenvalue weighted by Gasteiger charge is 2.14. The van der Waals surface area contributed by atoms with E-state index in [0.717, 1.165) is 11.3 Å². The molecule has 1 aromatic carbocycles. The molecule has 0 atom stereocenters. The quantitative estimate of drug-likeness (QED) is 0.724. The number of aliphatic hydroxyl groups excluding tert-OH is 1. The van der Waals surface area contributed by atoms with Gasteiger partial charge in [-0.05, 0) is 13.1 Å². The van der Waals surface area contributed by atoms with E-state index >= 15 is 0 Å². The third kappa shape index (κ3) is 4.89. The zero-order valence-corrected chi connectivity index (χ0v) is 11.6. The molecule has 0 aliphatic carbocycles. The van der Waals surface area contributed by atoms with Crippen molar-refractivity contribution in [2.24, 2.45) is 0 Å². The monoisotopic (exact) mass is 266 g/mol. The Kier molecular flexibility index (Phi) is 6.92. The predicted octanol–water partition coefficient (Wildman–Crippen LogP) is 0.626. The number of carbonyl (C=O) groups excluding carboxylic acids is 1. The highest BCUT2D eigenvalue weighted by Crippen LogP contribution is 2.19. The molecule has 1 aromatic rings. The minimum absolute atomic E-state index is 0.0225. The highest BCUT2D eigenvalue weighted by molar-refractivity contribution is 5.76. The van der Waals surface area contributed by atoms with Gasteiger partial charge in [0, 0.05) is 31.6 Å². The largest absolute Gasteiger partial charge is 0.496 e. The van der Waals surface area contributed by atoms with E-state index in [1.54, 1.807) is 12.0 Å². The number of aliphatic hydroxyl groups is 1. The third-order valence-corrected chi connectivity index (χ3v) is 2.87. The van der Waals surface area contributed by atoms with Crippen LogP contribution < -0.4 is 10.1 Å². The summed E-state index contributed by atoms with van der Waals surface area (Å²) in [5.41, 5.74) is 0.941. The first-order valence-electron chi connectivity index (χ1n) is 6.38. The molecule has 0 aromatic heterocycles. The summed E-state index contributed by atoms with van der Waals surface area (Å²) in [4.78, 5) is 13.7. The molecule has 0 saturated heterocycles. The fourth-order valence-electron chi connectivity index (χ4n) is 1.84. The molecule has 19 heavy (non-hydrogen) atoms. The van der Waals surface area contributed by atoms with Crippen LogP contribution in [0.25, 0.3) is 0 Å². The molecule has 1 rings (SSSR count). The van der Waals surface area contributed by atoms with Gasteiger partial charge in [-0.25, -0.2) is 0 Å². The van der Waals surface area contributed by atoms with Crippen LogP contribution in [0.1, 0.15) is 12.0 Å². The van der Waals surface area contributed by atoms with E-state index in [9.17, 15) is 4.79 Å². The van der Waals surface area contributed by atoms with E-state index in [0.29, 0.717) is 26.1 Å². The first kappa shape index (κ1) is 15.5. The first-order valence-corrected chi connectivity index (χ1v) is 6.38. The Morgan fingerprint density at radius 3 is 2.79 bits per heavy atom. The van der Waals surface area contributed by atoms with E-state index in [1.165, 1.54) is 0 Å². The van der Waals surface area contributed by atoms with E-state index in [-0.39, 0.29) is 12.5 Å². The van der Waals surface area contributed by atoms with Crippen molar-refractivity contribution in [2.75, 3.05) is 33.9 Å². The molecule has 0 aliphatic heterocycles. The molecule has 1 amide bonds. The normalized spacial score (nSPS) is 10.3. The molecule has 2 N–H and O–H groups in total. The number of nitrogens with one attached hydrogen (secondary N) is 1. The average Bonchev–Trinajstić information content (AvgIpc) is 2.44. The van der Waals surface area contributed by atoms with Gasteiger partial charge in [0.2, 0.25) is 5.91 Å². The molecule has 0 bridgehead atoms. The lowest BCUT2D eigenvalue weighted by atomic mass is 10.2. The van der Waals surface area contributed by atoms with Crippen molar-refractivity contribution in [1.29, 1.82) is 0 Å². The zero-order valence-electron chi connectivity index (χ0n) is 11.6. The number of carbonyl (C=O) groups is 1. The zero-order chi connectivity index (χ0) is 14.1. The van der Waals surface area contributed by atoms with Crippen molar-refractivity contribution in [1.82, 2.24) is 10.2 Å². The van der Waals surface area contributed by atoms with Crippen molar-refractivity contribution in [3.63, 3.8) is 0 Å². The maximum atomic E-state index is 12.0. The van der Waals surface area contributed by atoms with Crippen LogP contribution in [0, 0.1) is 0 Å². The van der Waals surface area contributed by atoms with E-state index in [1.807, 2.05) is 31.3 Å². The average molecular weight is 266 g/mol. The Labute approximate surface area is 114 Å². The summed E-state index contributed by atoms with van der Waals surface area (Å²) >= 11 is 0. The second kappa shape index (κ2) is 8.50. The number of hydrogen-bond donors (Lipinski definition) is 2. The Morgan fingerprint density at radius 1 is 1.42 bits per heavy atom. The van der Waals surface area contributed by atoms with Crippen molar-refractivity contribution in [3.8, 4) is 5.75 Å². The van der Waals surface area contributed by atoms with Crippen LogP contribution >= 0.6 is 0 Å². The van der Waals surface area contributed by atoms with Crippen molar-refractivity contribution in [3.05, 3.63) is 29.8 Å². The Balaban J connectivity index is 2.74. The van der Waals surface area contributed by atoms with Crippen LogP contribution in [-0.2, 0) is 11.3 Å². The molecule has 106 valence electrons. The van der Waals surface area contributed by atoms with Gasteiger partial charge in [0.15, 0.2) is 0 Å².